The van der Waals surface area contributed by atoms with Gasteiger partial charge in [-0.15, -0.1) is 0 Å². The number of fused-ring (bicyclic) bond motifs is 1. The smallest absolute Gasteiger partial charge is 0.340 e. The molecule has 6 rings (SSSR count). The Bertz CT molecular complexity index is 2100. The van der Waals surface area contributed by atoms with Gasteiger partial charge in [0, 0.05) is 58.3 Å². The molecule has 16 heteroatoms. The zero-order valence-corrected chi connectivity index (χ0v) is 36.0. The second-order valence-corrected chi connectivity index (χ2v) is 17.6. The number of hydrogen-bond donors (Lipinski definition) is 0. The van der Waals surface area contributed by atoms with E-state index in [2.05, 4.69) is 4.98 Å². The molecule has 1 aromatic heterocycles. The van der Waals surface area contributed by atoms with Crippen LogP contribution in [0, 0.1) is 29.1 Å². The predicted molar refractivity (Wildman–Crippen MR) is 211 cm³/mol. The van der Waals surface area contributed by atoms with Crippen LogP contribution >= 0.6 is 0 Å². The summed E-state index contributed by atoms with van der Waals surface area (Å²) in [6, 6.07) is 11.0. The average molecular weight is 848 g/mol. The van der Waals surface area contributed by atoms with Gasteiger partial charge in [0.2, 0.25) is 0 Å². The van der Waals surface area contributed by atoms with Crippen molar-refractivity contribution < 1.29 is 71.5 Å². The lowest BCUT2D eigenvalue weighted by Gasteiger charge is -2.53. The van der Waals surface area contributed by atoms with Crippen LogP contribution < -0.4 is 0 Å². The summed E-state index contributed by atoms with van der Waals surface area (Å²) in [4.78, 5) is 100.0. The second-order valence-electron chi connectivity index (χ2n) is 17.6. The number of esters is 7. The van der Waals surface area contributed by atoms with E-state index in [1.165, 1.54) is 57.4 Å². The molecule has 2 heterocycles. The Morgan fingerprint density at radius 3 is 1.97 bits per heavy atom. The Labute approximate surface area is 353 Å². The minimum Gasteiger partial charge on any atom is -0.461 e. The van der Waals surface area contributed by atoms with Gasteiger partial charge in [0.1, 0.15) is 23.4 Å². The van der Waals surface area contributed by atoms with Gasteiger partial charge in [-0.1, -0.05) is 38.1 Å². The molecule has 3 aliphatic carbocycles. The van der Waals surface area contributed by atoms with E-state index < -0.39 is 124 Å². The number of hydrogen-bond acceptors (Lipinski definition) is 16. The topological polar surface area (TPSA) is 206 Å². The minimum absolute atomic E-state index is 0.00387. The summed E-state index contributed by atoms with van der Waals surface area (Å²) in [5.41, 5.74) is -8.92. The summed E-state index contributed by atoms with van der Waals surface area (Å²) >= 11 is 0. The van der Waals surface area contributed by atoms with Gasteiger partial charge in [0.15, 0.2) is 23.4 Å². The van der Waals surface area contributed by atoms with Crippen molar-refractivity contribution in [1.82, 2.24) is 4.98 Å². The highest BCUT2D eigenvalue weighted by Gasteiger charge is 2.85. The number of rotatable bonds is 11. The summed E-state index contributed by atoms with van der Waals surface area (Å²) < 4.78 is 51.3. The summed E-state index contributed by atoms with van der Waals surface area (Å²) in [6.45, 7) is 14.1. The molecule has 11 unspecified atom stereocenters. The highest BCUT2D eigenvalue weighted by Crippen LogP contribution is 2.70. The third-order valence-electron chi connectivity index (χ3n) is 12.5. The molecule has 3 fully saturated rings. The van der Waals surface area contributed by atoms with Gasteiger partial charge < -0.3 is 37.9 Å². The molecule has 2 saturated carbocycles. The highest BCUT2D eigenvalue weighted by atomic mass is 16.6. The van der Waals surface area contributed by atoms with Gasteiger partial charge >= 0.3 is 41.8 Å². The van der Waals surface area contributed by atoms with Crippen LogP contribution in [-0.2, 0) is 61.9 Å². The number of pyridine rings is 1. The van der Waals surface area contributed by atoms with Gasteiger partial charge in [-0.25, -0.2) is 9.59 Å². The van der Waals surface area contributed by atoms with E-state index in [1.54, 1.807) is 65.0 Å². The van der Waals surface area contributed by atoms with Crippen LogP contribution in [-0.4, -0.2) is 100 Å². The van der Waals surface area contributed by atoms with E-state index in [0.29, 0.717) is 0 Å². The Morgan fingerprint density at radius 2 is 1.39 bits per heavy atom. The third-order valence-corrected chi connectivity index (χ3v) is 12.5. The first-order chi connectivity index (χ1) is 28.5. The summed E-state index contributed by atoms with van der Waals surface area (Å²) in [7, 11) is 0. The van der Waals surface area contributed by atoms with E-state index in [-0.39, 0.29) is 17.7 Å². The zero-order valence-electron chi connectivity index (χ0n) is 36.0. The fraction of sp³-hybridized carbons (Fsp3) is 0.556. The number of nitrogens with zero attached hydrogens (tertiary/aromatic N) is 1. The van der Waals surface area contributed by atoms with E-state index in [9.17, 15) is 33.6 Å². The van der Waals surface area contributed by atoms with Crippen molar-refractivity contribution in [2.24, 2.45) is 29.1 Å². The van der Waals surface area contributed by atoms with Crippen LogP contribution in [0.1, 0.15) is 96.4 Å². The maximum atomic E-state index is 14.5. The summed E-state index contributed by atoms with van der Waals surface area (Å²) in [5.74, 6) is -9.82. The van der Waals surface area contributed by atoms with Crippen LogP contribution in [0.15, 0.2) is 67.0 Å². The maximum Gasteiger partial charge on any atom is 0.340 e. The van der Waals surface area contributed by atoms with Gasteiger partial charge in [-0.3, -0.25) is 29.0 Å². The first-order valence-corrected chi connectivity index (χ1v) is 20.2. The number of aromatic nitrogens is 1. The number of benzene rings is 1. The average Bonchev–Trinajstić information content (AvgIpc) is 3.59. The van der Waals surface area contributed by atoms with Gasteiger partial charge in [-0.05, 0) is 58.0 Å². The highest BCUT2D eigenvalue weighted by molar-refractivity contribution is 5.90. The third kappa shape index (κ3) is 7.90. The van der Waals surface area contributed by atoms with Gasteiger partial charge in [0.25, 0.3) is 0 Å². The summed E-state index contributed by atoms with van der Waals surface area (Å²) in [5, 5.41) is 0. The lowest BCUT2D eigenvalue weighted by Crippen LogP contribution is -2.64. The van der Waals surface area contributed by atoms with Crippen molar-refractivity contribution >= 4 is 41.8 Å². The molecule has 1 aliphatic heterocycles. The fourth-order valence-electron chi connectivity index (χ4n) is 10.5. The van der Waals surface area contributed by atoms with Crippen molar-refractivity contribution in [3.63, 3.8) is 0 Å². The molecule has 2 aromatic rings. The Kier molecular flexibility index (Phi) is 12.0. The molecule has 0 spiro atoms. The molecular formula is C45H53NO15. The number of carbonyl (C=O) groups excluding carboxylic acids is 7. The Hall–Kier alpha value is -5.64. The van der Waals surface area contributed by atoms with Gasteiger partial charge in [0.05, 0.1) is 35.0 Å². The molecule has 0 N–H and O–H groups in total. The maximum absolute atomic E-state index is 14.5. The molecule has 1 saturated heterocycles. The van der Waals surface area contributed by atoms with Crippen LogP contribution in [0.3, 0.4) is 0 Å². The Balaban J connectivity index is 1.76. The summed E-state index contributed by atoms with van der Waals surface area (Å²) in [6.07, 6.45) is -0.712. The fourth-order valence-corrected chi connectivity index (χ4v) is 10.5. The van der Waals surface area contributed by atoms with Crippen LogP contribution in [0.2, 0.25) is 0 Å². The van der Waals surface area contributed by atoms with E-state index in [1.807, 2.05) is 0 Å². The largest absolute Gasteiger partial charge is 0.461 e. The lowest BCUT2D eigenvalue weighted by molar-refractivity contribution is -0.237. The van der Waals surface area contributed by atoms with Crippen LogP contribution in [0.4, 0.5) is 0 Å². The normalized spacial score (nSPS) is 33.5. The molecule has 16 nitrogen and oxygen atoms in total. The quantitative estimate of drug-likeness (QED) is 0.167. The number of ether oxygens (including phenoxy) is 8. The van der Waals surface area contributed by atoms with Crippen molar-refractivity contribution in [1.29, 1.82) is 0 Å². The van der Waals surface area contributed by atoms with E-state index >= 15 is 0 Å². The molecule has 1 aromatic carbocycles. The standard InChI is InChI=1S/C45H53NO15/c1-24(2)37(51)61-42(9)22-45(60-28(6)50)33(35(42)57-39(53)30-17-14-20-46-21-30)36(56-26(4)48)44-23-54-43(10,40(45)58-38(52)29-15-12-11-13-16-29)34(44)31(41(7,8)59-27(5)49)18-19-32(44)55-25(3)47/h11-21,24,31-36,40H,22-23H2,1-10H3. The molecule has 0 radical (unpaired) electrons. The first-order valence-electron chi connectivity index (χ1n) is 20.2. The van der Waals surface area contributed by atoms with E-state index in [4.69, 9.17) is 37.9 Å². The molecule has 61 heavy (non-hydrogen) atoms. The molecule has 4 aliphatic rings. The predicted octanol–water partition coefficient (Wildman–Crippen LogP) is 4.91. The monoisotopic (exact) mass is 847 g/mol. The Morgan fingerprint density at radius 1 is 0.754 bits per heavy atom. The van der Waals surface area contributed by atoms with Crippen LogP contribution in [0.25, 0.3) is 0 Å². The zero-order chi connectivity index (χ0) is 44.9. The van der Waals surface area contributed by atoms with Crippen molar-refractivity contribution in [3.05, 3.63) is 78.1 Å². The first kappa shape index (κ1) is 44.9. The molecule has 328 valence electrons. The SMILES string of the molecule is CC(=O)OC1C=CC(C(C)(C)OC(C)=O)C2C3(C)OCC12C(OC(C)=O)C1C(OC(=O)c2cccnc2)C(C)(OC(=O)C(C)C)CC1(OC(C)=O)C3OC(=O)c1ccccc1. The molecule has 11 atom stereocenters. The van der Waals surface area contributed by atoms with Crippen molar-refractivity contribution in [3.8, 4) is 0 Å². The van der Waals surface area contributed by atoms with Crippen LogP contribution in [0.5, 0.6) is 0 Å². The van der Waals surface area contributed by atoms with E-state index in [0.717, 1.165) is 13.8 Å². The minimum atomic E-state index is -2.22. The number of carbonyl (C=O) groups is 7. The van der Waals surface area contributed by atoms with Crippen molar-refractivity contribution in [2.75, 3.05) is 6.61 Å². The molecule has 0 amide bonds. The molecule has 2 bridgehead atoms. The lowest BCUT2D eigenvalue weighted by atomic mass is 9.53. The van der Waals surface area contributed by atoms with Gasteiger partial charge in [-0.2, -0.15) is 0 Å². The molecular weight excluding hydrogens is 794 g/mol. The second kappa shape index (κ2) is 16.3. The van der Waals surface area contributed by atoms with Crippen molar-refractivity contribution in [2.45, 2.75) is 122 Å².